The lowest BCUT2D eigenvalue weighted by molar-refractivity contribution is -0.137. The van der Waals surface area contributed by atoms with Crippen molar-refractivity contribution in [3.05, 3.63) is 63.9 Å². The number of hydrogen-bond donors (Lipinski definition) is 0. The molecule has 0 fully saturated rings. The second kappa shape index (κ2) is 6.27. The van der Waals surface area contributed by atoms with Crippen LogP contribution in [0.1, 0.15) is 5.56 Å². The zero-order valence-electron chi connectivity index (χ0n) is 12.0. The average molecular weight is 394 g/mol. The summed E-state index contributed by atoms with van der Waals surface area (Å²) < 4.78 is 67.1. The summed E-state index contributed by atoms with van der Waals surface area (Å²) in [5.41, 5.74) is -1.76. The van der Waals surface area contributed by atoms with E-state index in [0.717, 1.165) is 35.0 Å². The van der Waals surface area contributed by atoms with Crippen molar-refractivity contribution in [1.82, 2.24) is 14.8 Å². The largest absolute Gasteiger partial charge is 0.416 e. The van der Waals surface area contributed by atoms with Gasteiger partial charge in [0.25, 0.3) is 0 Å². The van der Waals surface area contributed by atoms with Crippen LogP contribution in [0.2, 0.25) is 10.3 Å². The van der Waals surface area contributed by atoms with E-state index in [4.69, 9.17) is 23.2 Å². The van der Waals surface area contributed by atoms with Gasteiger partial charge >= 0.3 is 6.18 Å². The van der Waals surface area contributed by atoms with Crippen molar-refractivity contribution in [2.75, 3.05) is 0 Å². The van der Waals surface area contributed by atoms with E-state index in [9.17, 15) is 22.0 Å². The summed E-state index contributed by atoms with van der Waals surface area (Å²) in [5.74, 6) is -2.30. The molecule has 0 N–H and O–H groups in total. The molecule has 3 aromatic rings. The quantitative estimate of drug-likeness (QED) is 0.535. The standard InChI is InChI=1S/C15H6Cl2F5N3/c16-8-5-4-7(15(20,21)22)6-11(8)25-14(17)23-13(24-25)12-9(18)2-1-3-10(12)19/h1-6H. The third-order valence-electron chi connectivity index (χ3n) is 3.26. The van der Waals surface area contributed by atoms with Crippen LogP contribution in [0.3, 0.4) is 0 Å². The molecule has 0 saturated carbocycles. The maximum absolute atomic E-state index is 13.8. The maximum Gasteiger partial charge on any atom is 0.416 e. The summed E-state index contributed by atoms with van der Waals surface area (Å²) >= 11 is 11.8. The number of aromatic nitrogens is 3. The van der Waals surface area contributed by atoms with Gasteiger partial charge in [0.05, 0.1) is 21.8 Å². The Hall–Kier alpha value is -2.19. The molecule has 0 aliphatic heterocycles. The number of alkyl halides is 3. The van der Waals surface area contributed by atoms with Gasteiger partial charge in [-0.3, -0.25) is 0 Å². The average Bonchev–Trinajstić information content (AvgIpc) is 2.88. The van der Waals surface area contributed by atoms with Crippen LogP contribution in [-0.4, -0.2) is 14.8 Å². The Balaban J connectivity index is 2.17. The summed E-state index contributed by atoms with van der Waals surface area (Å²) in [7, 11) is 0. The minimum Gasteiger partial charge on any atom is -0.206 e. The zero-order chi connectivity index (χ0) is 18.4. The smallest absolute Gasteiger partial charge is 0.206 e. The molecule has 0 aliphatic carbocycles. The maximum atomic E-state index is 13.8. The van der Waals surface area contributed by atoms with Crippen molar-refractivity contribution in [3.8, 4) is 17.1 Å². The molecule has 0 atom stereocenters. The molecule has 0 aliphatic rings. The molecule has 1 aromatic heterocycles. The highest BCUT2D eigenvalue weighted by atomic mass is 35.5. The van der Waals surface area contributed by atoms with Gasteiger partial charge in [-0.1, -0.05) is 17.7 Å². The summed E-state index contributed by atoms with van der Waals surface area (Å²) in [4.78, 5) is 3.71. The van der Waals surface area contributed by atoms with Gasteiger partial charge < -0.3 is 0 Å². The third kappa shape index (κ3) is 3.32. The van der Waals surface area contributed by atoms with Gasteiger partial charge in [-0.25, -0.2) is 13.5 Å². The SMILES string of the molecule is Fc1cccc(F)c1-c1nc(Cl)n(-c2cc(C(F)(F)F)ccc2Cl)n1. The summed E-state index contributed by atoms with van der Waals surface area (Å²) in [6, 6.07) is 5.64. The molecule has 2 aromatic carbocycles. The molecule has 3 nitrogen and oxygen atoms in total. The van der Waals surface area contributed by atoms with E-state index >= 15 is 0 Å². The molecule has 10 heteroatoms. The number of rotatable bonds is 2. The first-order valence-electron chi connectivity index (χ1n) is 6.62. The number of hydrogen-bond acceptors (Lipinski definition) is 2. The fourth-order valence-corrected chi connectivity index (χ4v) is 2.52. The molecule has 0 spiro atoms. The molecule has 3 rings (SSSR count). The summed E-state index contributed by atoms with van der Waals surface area (Å²) in [6.07, 6.45) is -4.62. The topological polar surface area (TPSA) is 30.7 Å². The molecule has 0 radical (unpaired) electrons. The number of halogens is 7. The molecular weight excluding hydrogens is 388 g/mol. The van der Waals surface area contributed by atoms with E-state index in [-0.39, 0.29) is 10.7 Å². The van der Waals surface area contributed by atoms with Crippen molar-refractivity contribution < 1.29 is 22.0 Å². The van der Waals surface area contributed by atoms with Crippen molar-refractivity contribution in [2.24, 2.45) is 0 Å². The van der Waals surface area contributed by atoms with Gasteiger partial charge in [-0.05, 0) is 41.9 Å². The van der Waals surface area contributed by atoms with Crippen LogP contribution in [0.5, 0.6) is 0 Å². The molecule has 25 heavy (non-hydrogen) atoms. The fraction of sp³-hybridized carbons (Fsp3) is 0.0667. The molecule has 130 valence electrons. The number of benzene rings is 2. The highest BCUT2D eigenvalue weighted by Crippen LogP contribution is 2.34. The summed E-state index contributed by atoms with van der Waals surface area (Å²) in [6.45, 7) is 0. The third-order valence-corrected chi connectivity index (χ3v) is 3.82. The van der Waals surface area contributed by atoms with Crippen molar-refractivity contribution >= 4 is 23.2 Å². The van der Waals surface area contributed by atoms with E-state index in [2.05, 4.69) is 10.1 Å². The van der Waals surface area contributed by atoms with Crippen LogP contribution in [-0.2, 0) is 6.18 Å². The minimum atomic E-state index is -4.62. The Morgan fingerprint density at radius 3 is 2.20 bits per heavy atom. The monoisotopic (exact) mass is 393 g/mol. The van der Waals surface area contributed by atoms with E-state index in [1.54, 1.807) is 0 Å². The van der Waals surface area contributed by atoms with Gasteiger partial charge in [-0.2, -0.15) is 18.2 Å². The van der Waals surface area contributed by atoms with Gasteiger partial charge in [0.15, 0.2) is 5.82 Å². The first-order chi connectivity index (χ1) is 11.7. The molecule has 0 amide bonds. The van der Waals surface area contributed by atoms with Crippen LogP contribution >= 0.6 is 23.2 Å². The minimum absolute atomic E-state index is 0.0969. The van der Waals surface area contributed by atoms with E-state index in [1.165, 1.54) is 0 Å². The van der Waals surface area contributed by atoms with Crippen LogP contribution in [0.15, 0.2) is 36.4 Å². The second-order valence-electron chi connectivity index (χ2n) is 4.88. The first-order valence-corrected chi connectivity index (χ1v) is 7.38. The van der Waals surface area contributed by atoms with Crippen molar-refractivity contribution in [2.45, 2.75) is 6.18 Å². The Bertz CT molecular complexity index is 933. The van der Waals surface area contributed by atoms with Gasteiger partial charge in [0.2, 0.25) is 5.28 Å². The predicted octanol–water partition coefficient (Wildman–Crippen LogP) is 5.54. The molecular formula is C15H6Cl2F5N3. The van der Waals surface area contributed by atoms with Gasteiger partial charge in [-0.15, -0.1) is 5.10 Å². The molecule has 0 unspecified atom stereocenters. The van der Waals surface area contributed by atoms with Crippen LogP contribution < -0.4 is 0 Å². The lowest BCUT2D eigenvalue weighted by atomic mass is 10.2. The summed E-state index contributed by atoms with van der Waals surface area (Å²) in [5, 5.41) is 3.30. The van der Waals surface area contributed by atoms with E-state index in [1.807, 2.05) is 0 Å². The Morgan fingerprint density at radius 1 is 0.960 bits per heavy atom. The van der Waals surface area contributed by atoms with Crippen LogP contribution in [0.4, 0.5) is 22.0 Å². The molecule has 1 heterocycles. The lowest BCUT2D eigenvalue weighted by Gasteiger charge is -2.10. The Kier molecular flexibility index (Phi) is 4.42. The molecule has 0 saturated heterocycles. The second-order valence-corrected chi connectivity index (χ2v) is 5.62. The Morgan fingerprint density at radius 2 is 1.60 bits per heavy atom. The normalized spacial score (nSPS) is 11.8. The van der Waals surface area contributed by atoms with Gasteiger partial charge in [0, 0.05) is 0 Å². The van der Waals surface area contributed by atoms with Crippen LogP contribution in [0, 0.1) is 11.6 Å². The molecule has 0 bridgehead atoms. The van der Waals surface area contributed by atoms with Crippen molar-refractivity contribution in [3.63, 3.8) is 0 Å². The van der Waals surface area contributed by atoms with E-state index in [0.29, 0.717) is 6.07 Å². The van der Waals surface area contributed by atoms with Crippen LogP contribution in [0.25, 0.3) is 17.1 Å². The predicted molar refractivity (Wildman–Crippen MR) is 81.7 cm³/mol. The van der Waals surface area contributed by atoms with Crippen molar-refractivity contribution in [1.29, 1.82) is 0 Å². The zero-order valence-corrected chi connectivity index (χ0v) is 13.5. The highest BCUT2D eigenvalue weighted by Gasteiger charge is 2.31. The fourth-order valence-electron chi connectivity index (χ4n) is 2.11. The lowest BCUT2D eigenvalue weighted by Crippen LogP contribution is -2.07. The van der Waals surface area contributed by atoms with E-state index < -0.39 is 40.0 Å². The number of nitrogens with zero attached hydrogens (tertiary/aromatic N) is 3. The first kappa shape index (κ1) is 17.6. The Labute approximate surface area is 147 Å². The van der Waals surface area contributed by atoms with Gasteiger partial charge in [0.1, 0.15) is 11.6 Å². The highest BCUT2D eigenvalue weighted by molar-refractivity contribution is 6.33.